The smallest absolute Gasteiger partial charge is 0.227 e. The van der Waals surface area contributed by atoms with Gasteiger partial charge in [-0.15, -0.1) is 0 Å². The molecule has 2 aromatic rings. The van der Waals surface area contributed by atoms with Gasteiger partial charge < -0.3 is 24.8 Å². The lowest BCUT2D eigenvalue weighted by Crippen LogP contribution is -2.54. The van der Waals surface area contributed by atoms with Crippen molar-refractivity contribution in [1.29, 1.82) is 0 Å². The monoisotopic (exact) mass is 468 g/mol. The van der Waals surface area contributed by atoms with E-state index in [9.17, 15) is 9.59 Å². The van der Waals surface area contributed by atoms with E-state index in [2.05, 4.69) is 50.6 Å². The Morgan fingerprint density at radius 3 is 2.68 bits per heavy atom. The zero-order valence-electron chi connectivity index (χ0n) is 21.1. The summed E-state index contributed by atoms with van der Waals surface area (Å²) in [5.74, 6) is 0.128. The molecule has 1 saturated carbocycles. The van der Waals surface area contributed by atoms with Crippen LogP contribution in [0.2, 0.25) is 0 Å². The Labute approximate surface area is 203 Å². The Kier molecular flexibility index (Phi) is 7.63. The van der Waals surface area contributed by atoms with Crippen molar-refractivity contribution in [2.45, 2.75) is 71.6 Å². The fourth-order valence-electron chi connectivity index (χ4n) is 4.85. The standard InChI is InChI=1S/C27H40N4O3/c1-27(2,3)26(33)29-21-14-19(15-28-16-21)25(32)31(22-10-11-22)18-20-17-30(12-7-13-34-4)24-9-6-5-8-23(20)24/h5-6,8-9,17,19,21-22,28H,7,10-16,18H2,1-4H3,(H,29,33)/t19-,21+/m0/s1. The van der Waals surface area contributed by atoms with Gasteiger partial charge >= 0.3 is 0 Å². The Balaban J connectivity index is 1.48. The number of carbonyl (C=O) groups is 2. The molecule has 1 aliphatic heterocycles. The first-order chi connectivity index (χ1) is 16.3. The van der Waals surface area contributed by atoms with Gasteiger partial charge in [-0.05, 0) is 37.3 Å². The lowest BCUT2D eigenvalue weighted by molar-refractivity contribution is -0.138. The highest BCUT2D eigenvalue weighted by Crippen LogP contribution is 2.33. The molecular formula is C27H40N4O3. The third-order valence-corrected chi connectivity index (χ3v) is 6.95. The Morgan fingerprint density at radius 1 is 1.21 bits per heavy atom. The van der Waals surface area contributed by atoms with Crippen molar-refractivity contribution in [1.82, 2.24) is 20.1 Å². The minimum Gasteiger partial charge on any atom is -0.385 e. The lowest BCUT2D eigenvalue weighted by atomic mass is 9.91. The first-order valence-corrected chi connectivity index (χ1v) is 12.7. The number of ether oxygens (including phenoxy) is 1. The molecule has 2 aliphatic rings. The summed E-state index contributed by atoms with van der Waals surface area (Å²) in [6, 6.07) is 8.77. The number of hydrogen-bond donors (Lipinski definition) is 2. The first-order valence-electron chi connectivity index (χ1n) is 12.7. The molecule has 1 aromatic heterocycles. The third-order valence-electron chi connectivity index (χ3n) is 6.95. The van der Waals surface area contributed by atoms with Gasteiger partial charge in [-0.25, -0.2) is 0 Å². The van der Waals surface area contributed by atoms with Gasteiger partial charge in [0.2, 0.25) is 11.8 Å². The van der Waals surface area contributed by atoms with Crippen LogP contribution in [0.15, 0.2) is 30.5 Å². The van der Waals surface area contributed by atoms with Crippen molar-refractivity contribution in [2.75, 3.05) is 26.8 Å². The van der Waals surface area contributed by atoms with Crippen molar-refractivity contribution in [3.63, 3.8) is 0 Å². The number of carbonyl (C=O) groups excluding carboxylic acids is 2. The fourth-order valence-corrected chi connectivity index (χ4v) is 4.85. The van der Waals surface area contributed by atoms with Crippen LogP contribution < -0.4 is 10.6 Å². The molecule has 2 amide bonds. The van der Waals surface area contributed by atoms with Crippen molar-refractivity contribution in [2.24, 2.45) is 11.3 Å². The van der Waals surface area contributed by atoms with Crippen molar-refractivity contribution < 1.29 is 14.3 Å². The molecule has 2 atom stereocenters. The minimum atomic E-state index is -0.436. The van der Waals surface area contributed by atoms with Crippen LogP contribution in [0.4, 0.5) is 0 Å². The molecule has 1 saturated heterocycles. The van der Waals surface area contributed by atoms with E-state index < -0.39 is 5.41 Å². The molecule has 1 aromatic carbocycles. The number of rotatable bonds is 9. The second-order valence-electron chi connectivity index (χ2n) is 10.9. The Bertz CT molecular complexity index is 1000. The van der Waals surface area contributed by atoms with Crippen LogP contribution in [0.3, 0.4) is 0 Å². The van der Waals surface area contributed by atoms with Gasteiger partial charge in [0.05, 0.1) is 5.92 Å². The molecule has 2 N–H and O–H groups in total. The highest BCUT2D eigenvalue weighted by molar-refractivity contribution is 5.85. The lowest BCUT2D eigenvalue weighted by Gasteiger charge is -2.34. The molecule has 2 heterocycles. The molecule has 7 heteroatoms. The molecule has 0 spiro atoms. The zero-order valence-corrected chi connectivity index (χ0v) is 21.1. The summed E-state index contributed by atoms with van der Waals surface area (Å²) in [4.78, 5) is 28.3. The van der Waals surface area contributed by atoms with Crippen LogP contribution in [0.1, 0.15) is 52.0 Å². The molecule has 7 nitrogen and oxygen atoms in total. The van der Waals surface area contributed by atoms with Crippen LogP contribution in [-0.2, 0) is 27.4 Å². The zero-order chi connectivity index (χ0) is 24.3. The predicted octanol–water partition coefficient (Wildman–Crippen LogP) is 3.31. The topological polar surface area (TPSA) is 75.6 Å². The SMILES string of the molecule is COCCCn1cc(CN(C(=O)[C@@H]2CNC[C@H](NC(=O)C(C)(C)C)C2)C2CC2)c2ccccc21. The van der Waals surface area contributed by atoms with E-state index in [4.69, 9.17) is 4.74 Å². The quantitative estimate of drug-likeness (QED) is 0.554. The Hall–Kier alpha value is -2.38. The second-order valence-corrected chi connectivity index (χ2v) is 10.9. The van der Waals surface area contributed by atoms with Crippen LogP contribution in [0, 0.1) is 11.3 Å². The number of aromatic nitrogens is 1. The predicted molar refractivity (Wildman–Crippen MR) is 134 cm³/mol. The van der Waals surface area contributed by atoms with E-state index in [-0.39, 0.29) is 23.8 Å². The van der Waals surface area contributed by atoms with Crippen LogP contribution >= 0.6 is 0 Å². The van der Waals surface area contributed by atoms with Gasteiger partial charge in [-0.2, -0.15) is 0 Å². The number of para-hydroxylation sites is 1. The molecule has 0 unspecified atom stereocenters. The molecular weight excluding hydrogens is 428 g/mol. The van der Waals surface area contributed by atoms with Crippen molar-refractivity contribution in [3.8, 4) is 0 Å². The Morgan fingerprint density at radius 2 is 1.97 bits per heavy atom. The van der Waals surface area contributed by atoms with E-state index in [0.29, 0.717) is 32.1 Å². The van der Waals surface area contributed by atoms with Crippen molar-refractivity contribution in [3.05, 3.63) is 36.0 Å². The molecule has 186 valence electrons. The van der Waals surface area contributed by atoms with Crippen molar-refractivity contribution >= 4 is 22.7 Å². The summed E-state index contributed by atoms with van der Waals surface area (Å²) in [6.07, 6.45) is 6.00. The molecule has 0 radical (unpaired) electrons. The number of piperidine rings is 1. The number of fused-ring (bicyclic) bond motifs is 1. The number of nitrogens with zero attached hydrogens (tertiary/aromatic N) is 2. The number of hydrogen-bond acceptors (Lipinski definition) is 4. The van der Waals surface area contributed by atoms with Gasteiger partial charge in [-0.1, -0.05) is 39.0 Å². The van der Waals surface area contributed by atoms with E-state index in [1.54, 1.807) is 7.11 Å². The summed E-state index contributed by atoms with van der Waals surface area (Å²) >= 11 is 0. The number of nitrogens with one attached hydrogen (secondary N) is 2. The maximum Gasteiger partial charge on any atom is 0.227 e. The van der Waals surface area contributed by atoms with E-state index in [1.807, 2.05) is 20.8 Å². The highest BCUT2D eigenvalue weighted by Gasteiger charge is 2.38. The maximum absolute atomic E-state index is 13.7. The van der Waals surface area contributed by atoms with Gasteiger partial charge in [0.25, 0.3) is 0 Å². The summed E-state index contributed by atoms with van der Waals surface area (Å²) in [5, 5.41) is 7.75. The van der Waals surface area contributed by atoms with Gasteiger partial charge in [0.15, 0.2) is 0 Å². The summed E-state index contributed by atoms with van der Waals surface area (Å²) in [7, 11) is 1.73. The number of aryl methyl sites for hydroxylation is 1. The number of methoxy groups -OCH3 is 1. The van der Waals surface area contributed by atoms with Crippen LogP contribution in [0.5, 0.6) is 0 Å². The first kappa shape index (κ1) is 24.7. The van der Waals surface area contributed by atoms with Crippen LogP contribution in [-0.4, -0.2) is 60.2 Å². The second kappa shape index (κ2) is 10.5. The number of benzene rings is 1. The third kappa shape index (κ3) is 5.81. The highest BCUT2D eigenvalue weighted by atomic mass is 16.5. The molecule has 2 fully saturated rings. The summed E-state index contributed by atoms with van der Waals surface area (Å²) < 4.78 is 7.53. The fraction of sp³-hybridized carbons (Fsp3) is 0.630. The average Bonchev–Trinajstić information content (AvgIpc) is 3.60. The molecule has 1 aliphatic carbocycles. The summed E-state index contributed by atoms with van der Waals surface area (Å²) in [6.45, 7) is 9.40. The van der Waals surface area contributed by atoms with Gasteiger partial charge in [-0.3, -0.25) is 9.59 Å². The van der Waals surface area contributed by atoms with Gasteiger partial charge in [0, 0.05) is 74.5 Å². The largest absolute Gasteiger partial charge is 0.385 e. The molecule has 0 bridgehead atoms. The maximum atomic E-state index is 13.7. The normalized spacial score (nSPS) is 20.9. The van der Waals surface area contributed by atoms with Crippen LogP contribution in [0.25, 0.3) is 10.9 Å². The molecule has 4 rings (SSSR count). The van der Waals surface area contributed by atoms with E-state index in [1.165, 1.54) is 16.5 Å². The minimum absolute atomic E-state index is 0.0156. The average molecular weight is 469 g/mol. The van der Waals surface area contributed by atoms with E-state index >= 15 is 0 Å². The molecule has 34 heavy (non-hydrogen) atoms. The number of amides is 2. The van der Waals surface area contributed by atoms with E-state index in [0.717, 1.165) is 32.4 Å². The summed E-state index contributed by atoms with van der Waals surface area (Å²) in [5.41, 5.74) is 1.98. The van der Waals surface area contributed by atoms with Gasteiger partial charge in [0.1, 0.15) is 0 Å².